The Balaban J connectivity index is 1.57. The molecule has 0 saturated carbocycles. The zero-order valence-corrected chi connectivity index (χ0v) is 14.8. The molecule has 1 saturated heterocycles. The number of carbonyl (C=O) groups excluding carboxylic acids is 2. The van der Waals surface area contributed by atoms with Gasteiger partial charge in [0.15, 0.2) is 0 Å². The molecule has 2 amide bonds. The first-order valence-corrected chi connectivity index (χ1v) is 9.18. The molecule has 2 aromatic rings. The standard InChI is InChI=1S/C19H18N2O4S/c22-17(12-26-16-5-2-1-4-15(16)19(24)25)20-13-7-9-14(10-8-13)21-11-3-6-18(21)23/h1-2,4-5,7-10H,3,6,11-12H2,(H,20,22)(H,24,25). The Morgan fingerprint density at radius 3 is 2.50 bits per heavy atom. The van der Waals surface area contributed by atoms with Crippen LogP contribution < -0.4 is 10.2 Å². The minimum atomic E-state index is -1.01. The number of nitrogens with one attached hydrogen (secondary N) is 1. The van der Waals surface area contributed by atoms with E-state index in [0.717, 1.165) is 18.7 Å². The molecule has 2 aromatic carbocycles. The van der Waals surface area contributed by atoms with Crippen LogP contribution in [0.3, 0.4) is 0 Å². The fraction of sp³-hybridized carbons (Fsp3) is 0.211. The fourth-order valence-electron chi connectivity index (χ4n) is 2.76. The molecule has 2 N–H and O–H groups in total. The lowest BCUT2D eigenvalue weighted by Gasteiger charge is -2.16. The van der Waals surface area contributed by atoms with Gasteiger partial charge in [0.25, 0.3) is 0 Å². The van der Waals surface area contributed by atoms with Gasteiger partial charge in [-0.3, -0.25) is 9.59 Å². The van der Waals surface area contributed by atoms with Crippen LogP contribution in [0.5, 0.6) is 0 Å². The summed E-state index contributed by atoms with van der Waals surface area (Å²) in [6.45, 7) is 0.726. The first kappa shape index (κ1) is 18.0. The Labute approximate surface area is 155 Å². The zero-order valence-electron chi connectivity index (χ0n) is 14.0. The van der Waals surface area contributed by atoms with Gasteiger partial charge in [-0.15, -0.1) is 11.8 Å². The van der Waals surface area contributed by atoms with Crippen LogP contribution in [0.15, 0.2) is 53.4 Å². The number of carboxylic acids is 1. The highest BCUT2D eigenvalue weighted by Crippen LogP contribution is 2.25. The second-order valence-electron chi connectivity index (χ2n) is 5.83. The number of rotatable bonds is 6. The zero-order chi connectivity index (χ0) is 18.5. The van der Waals surface area contributed by atoms with E-state index in [9.17, 15) is 14.4 Å². The Hall–Kier alpha value is -2.80. The second kappa shape index (κ2) is 8.05. The van der Waals surface area contributed by atoms with Gasteiger partial charge in [-0.25, -0.2) is 4.79 Å². The van der Waals surface area contributed by atoms with Crippen LogP contribution in [0.25, 0.3) is 0 Å². The smallest absolute Gasteiger partial charge is 0.336 e. The summed E-state index contributed by atoms with van der Waals surface area (Å²) in [6, 6.07) is 13.7. The third kappa shape index (κ3) is 4.23. The van der Waals surface area contributed by atoms with E-state index in [1.165, 1.54) is 17.8 Å². The van der Waals surface area contributed by atoms with Crippen LogP contribution in [-0.2, 0) is 9.59 Å². The highest BCUT2D eigenvalue weighted by molar-refractivity contribution is 8.00. The molecule has 1 aliphatic heterocycles. The summed E-state index contributed by atoms with van der Waals surface area (Å²) < 4.78 is 0. The molecule has 0 atom stereocenters. The van der Waals surface area contributed by atoms with Gasteiger partial charge in [0.1, 0.15) is 0 Å². The topological polar surface area (TPSA) is 86.7 Å². The van der Waals surface area contributed by atoms with E-state index in [1.54, 1.807) is 35.2 Å². The molecule has 0 radical (unpaired) electrons. The van der Waals surface area contributed by atoms with Crippen molar-refractivity contribution in [1.29, 1.82) is 0 Å². The van der Waals surface area contributed by atoms with E-state index >= 15 is 0 Å². The Morgan fingerprint density at radius 1 is 1.12 bits per heavy atom. The van der Waals surface area contributed by atoms with Crippen LogP contribution in [0.2, 0.25) is 0 Å². The summed E-state index contributed by atoms with van der Waals surface area (Å²) in [5.41, 5.74) is 1.65. The highest BCUT2D eigenvalue weighted by atomic mass is 32.2. The van der Waals surface area contributed by atoms with E-state index < -0.39 is 5.97 Å². The summed E-state index contributed by atoms with van der Waals surface area (Å²) in [4.78, 5) is 37.3. The molecule has 26 heavy (non-hydrogen) atoms. The Morgan fingerprint density at radius 2 is 1.85 bits per heavy atom. The van der Waals surface area contributed by atoms with Crippen LogP contribution >= 0.6 is 11.8 Å². The maximum atomic E-state index is 12.1. The molecule has 0 aromatic heterocycles. The average molecular weight is 370 g/mol. The number of thioether (sulfide) groups is 1. The molecule has 3 rings (SSSR count). The number of hydrogen-bond acceptors (Lipinski definition) is 4. The van der Waals surface area contributed by atoms with Gasteiger partial charge in [0, 0.05) is 29.2 Å². The summed E-state index contributed by atoms with van der Waals surface area (Å²) >= 11 is 1.18. The molecule has 1 fully saturated rings. The summed E-state index contributed by atoms with van der Waals surface area (Å²) in [7, 11) is 0. The van der Waals surface area contributed by atoms with Crippen molar-refractivity contribution < 1.29 is 19.5 Å². The molecular weight excluding hydrogens is 352 g/mol. The fourth-order valence-corrected chi connectivity index (χ4v) is 3.60. The van der Waals surface area contributed by atoms with Crippen LogP contribution in [0, 0.1) is 0 Å². The van der Waals surface area contributed by atoms with E-state index in [-0.39, 0.29) is 23.1 Å². The number of carbonyl (C=O) groups is 3. The quantitative estimate of drug-likeness (QED) is 0.763. The number of hydrogen-bond donors (Lipinski definition) is 2. The summed E-state index contributed by atoms with van der Waals surface area (Å²) in [6.07, 6.45) is 1.44. The predicted octanol–water partition coefficient (Wildman–Crippen LogP) is 3.24. The van der Waals surface area contributed by atoms with E-state index in [2.05, 4.69) is 5.32 Å². The van der Waals surface area contributed by atoms with Crippen molar-refractivity contribution in [3.63, 3.8) is 0 Å². The maximum Gasteiger partial charge on any atom is 0.336 e. The largest absolute Gasteiger partial charge is 0.478 e. The lowest BCUT2D eigenvalue weighted by molar-refractivity contribution is -0.117. The second-order valence-corrected chi connectivity index (χ2v) is 6.85. The van der Waals surface area contributed by atoms with Crippen molar-refractivity contribution >= 4 is 40.9 Å². The van der Waals surface area contributed by atoms with Crippen molar-refractivity contribution in [1.82, 2.24) is 0 Å². The monoisotopic (exact) mass is 370 g/mol. The maximum absolute atomic E-state index is 12.1. The minimum absolute atomic E-state index is 0.108. The number of amides is 2. The number of benzene rings is 2. The summed E-state index contributed by atoms with van der Waals surface area (Å²) in [5, 5.41) is 11.9. The van der Waals surface area contributed by atoms with Gasteiger partial charge in [0.2, 0.25) is 11.8 Å². The van der Waals surface area contributed by atoms with E-state index in [1.807, 2.05) is 12.1 Å². The normalized spacial score (nSPS) is 13.7. The van der Waals surface area contributed by atoms with Crippen LogP contribution in [0.1, 0.15) is 23.2 Å². The molecule has 0 bridgehead atoms. The molecule has 0 unspecified atom stereocenters. The average Bonchev–Trinajstić information content (AvgIpc) is 3.07. The van der Waals surface area contributed by atoms with Crippen molar-refractivity contribution in [2.45, 2.75) is 17.7 Å². The lowest BCUT2D eigenvalue weighted by atomic mass is 10.2. The third-order valence-electron chi connectivity index (χ3n) is 4.01. The van der Waals surface area contributed by atoms with Crippen molar-refractivity contribution in [3.05, 3.63) is 54.1 Å². The number of carboxylic acid groups (broad SMARTS) is 1. The third-order valence-corrected chi connectivity index (χ3v) is 5.09. The van der Waals surface area contributed by atoms with Crippen molar-refractivity contribution in [3.8, 4) is 0 Å². The molecule has 7 heteroatoms. The van der Waals surface area contributed by atoms with Gasteiger partial charge in [-0.1, -0.05) is 12.1 Å². The molecule has 0 aliphatic carbocycles. The van der Waals surface area contributed by atoms with Gasteiger partial charge in [0.05, 0.1) is 11.3 Å². The van der Waals surface area contributed by atoms with Gasteiger partial charge in [-0.05, 0) is 42.8 Å². The molecule has 1 aliphatic rings. The molecule has 6 nitrogen and oxygen atoms in total. The lowest BCUT2D eigenvalue weighted by Crippen LogP contribution is -2.23. The van der Waals surface area contributed by atoms with E-state index in [4.69, 9.17) is 5.11 Å². The highest BCUT2D eigenvalue weighted by Gasteiger charge is 2.21. The Bertz CT molecular complexity index is 836. The van der Waals surface area contributed by atoms with E-state index in [0.29, 0.717) is 17.0 Å². The number of anilines is 2. The van der Waals surface area contributed by atoms with Crippen molar-refractivity contribution in [2.24, 2.45) is 0 Å². The van der Waals surface area contributed by atoms with Gasteiger partial charge >= 0.3 is 5.97 Å². The molecular formula is C19H18N2O4S. The number of nitrogens with zero attached hydrogens (tertiary/aromatic N) is 1. The molecule has 134 valence electrons. The van der Waals surface area contributed by atoms with Crippen LogP contribution in [0.4, 0.5) is 11.4 Å². The number of aromatic carboxylic acids is 1. The van der Waals surface area contributed by atoms with Gasteiger partial charge < -0.3 is 15.3 Å². The Kier molecular flexibility index (Phi) is 5.58. The minimum Gasteiger partial charge on any atom is -0.478 e. The SMILES string of the molecule is O=C(CSc1ccccc1C(=O)O)Nc1ccc(N2CCCC2=O)cc1. The van der Waals surface area contributed by atoms with Crippen molar-refractivity contribution in [2.75, 3.05) is 22.5 Å². The first-order chi connectivity index (χ1) is 12.5. The predicted molar refractivity (Wildman–Crippen MR) is 101 cm³/mol. The molecule has 1 heterocycles. The molecule has 0 spiro atoms. The van der Waals surface area contributed by atoms with Gasteiger partial charge in [-0.2, -0.15) is 0 Å². The first-order valence-electron chi connectivity index (χ1n) is 8.20. The summed E-state index contributed by atoms with van der Waals surface area (Å²) in [5.74, 6) is -1.01. The van der Waals surface area contributed by atoms with Crippen LogP contribution in [-0.4, -0.2) is 35.2 Å².